The van der Waals surface area contributed by atoms with Gasteiger partial charge in [-0.3, -0.25) is 0 Å². The summed E-state index contributed by atoms with van der Waals surface area (Å²) in [7, 11) is -1.05. The lowest BCUT2D eigenvalue weighted by Crippen LogP contribution is -2.17. The molecule has 3 heteroatoms. The molecular weight excluding hydrogens is 231 g/mol. The second-order valence-electron chi connectivity index (χ2n) is 5.54. The van der Waals surface area contributed by atoms with Crippen LogP contribution in [0.5, 0.6) is 0 Å². The van der Waals surface area contributed by atoms with Gasteiger partial charge in [0.1, 0.15) is 5.82 Å². The van der Waals surface area contributed by atoms with Gasteiger partial charge in [0.15, 0.2) is 0 Å². The van der Waals surface area contributed by atoms with E-state index in [0.29, 0.717) is 12.0 Å². The summed E-state index contributed by atoms with van der Waals surface area (Å²) in [6.07, 6.45) is 4.07. The number of benzene rings is 1. The Labute approximate surface area is 104 Å². The Kier molecular flexibility index (Phi) is 5.09. The van der Waals surface area contributed by atoms with Gasteiger partial charge in [-0.25, -0.2) is 4.39 Å². The zero-order chi connectivity index (χ0) is 12.9. The van der Waals surface area contributed by atoms with Crippen molar-refractivity contribution in [3.63, 3.8) is 0 Å². The maximum absolute atomic E-state index is 12.9. The number of hydrogen-bond donors (Lipinski definition) is 1. The molecule has 0 saturated carbocycles. The standard InChI is InChI=1S/C14H21FOSi/c1-17(2,3)10-5-4-9-14(16)12-7-6-8-13(15)11-12/h4-8,11,14,16H,9-10H2,1-3H3/b5-4-. The van der Waals surface area contributed by atoms with Crippen molar-refractivity contribution in [2.45, 2.75) is 38.2 Å². The largest absolute Gasteiger partial charge is 0.388 e. The summed E-state index contributed by atoms with van der Waals surface area (Å²) < 4.78 is 12.9. The van der Waals surface area contributed by atoms with Crippen molar-refractivity contribution in [2.75, 3.05) is 0 Å². The third kappa shape index (κ3) is 5.80. The number of allylic oxidation sites excluding steroid dienone is 1. The molecule has 0 aromatic heterocycles. The number of hydrogen-bond acceptors (Lipinski definition) is 1. The fraction of sp³-hybridized carbons (Fsp3) is 0.429. The van der Waals surface area contributed by atoms with Crippen molar-refractivity contribution in [1.82, 2.24) is 0 Å². The normalized spacial score (nSPS) is 14.2. The molecule has 0 saturated heterocycles. The van der Waals surface area contributed by atoms with Gasteiger partial charge in [0.2, 0.25) is 0 Å². The predicted octanol–water partition coefficient (Wildman–Crippen LogP) is 4.14. The van der Waals surface area contributed by atoms with E-state index in [-0.39, 0.29) is 5.82 Å². The zero-order valence-corrected chi connectivity index (χ0v) is 11.8. The highest BCUT2D eigenvalue weighted by atomic mass is 28.3. The smallest absolute Gasteiger partial charge is 0.123 e. The van der Waals surface area contributed by atoms with Gasteiger partial charge in [-0.15, -0.1) is 0 Å². The molecule has 1 nitrogen and oxygen atoms in total. The Hall–Kier alpha value is -0.933. The minimum Gasteiger partial charge on any atom is -0.388 e. The lowest BCUT2D eigenvalue weighted by molar-refractivity contribution is 0.181. The Bertz CT molecular complexity index is 382. The van der Waals surface area contributed by atoms with Crippen LogP contribution in [0.2, 0.25) is 25.7 Å². The number of aliphatic hydroxyl groups is 1. The average molecular weight is 252 g/mol. The topological polar surface area (TPSA) is 20.2 Å². The molecular formula is C14H21FOSi. The first kappa shape index (κ1) is 14.1. The van der Waals surface area contributed by atoms with Gasteiger partial charge in [-0.2, -0.15) is 0 Å². The quantitative estimate of drug-likeness (QED) is 0.616. The van der Waals surface area contributed by atoms with Crippen LogP contribution in [0.1, 0.15) is 18.1 Å². The second kappa shape index (κ2) is 6.12. The van der Waals surface area contributed by atoms with Gasteiger partial charge in [0.25, 0.3) is 0 Å². The van der Waals surface area contributed by atoms with Crippen LogP contribution in [0.4, 0.5) is 4.39 Å². The van der Waals surface area contributed by atoms with Crippen molar-refractivity contribution in [3.8, 4) is 0 Å². The van der Waals surface area contributed by atoms with Crippen LogP contribution in [0.3, 0.4) is 0 Å². The molecule has 0 radical (unpaired) electrons. The maximum Gasteiger partial charge on any atom is 0.123 e. The summed E-state index contributed by atoms with van der Waals surface area (Å²) in [5, 5.41) is 9.87. The fourth-order valence-corrected chi connectivity index (χ4v) is 2.39. The molecule has 1 unspecified atom stereocenters. The van der Waals surface area contributed by atoms with Gasteiger partial charge in [-0.1, -0.05) is 43.9 Å². The summed E-state index contributed by atoms with van der Waals surface area (Å²) in [4.78, 5) is 0. The molecule has 0 aliphatic rings. The van der Waals surface area contributed by atoms with Crippen LogP contribution in [-0.2, 0) is 0 Å². The molecule has 0 fully saturated rings. The first-order chi connectivity index (χ1) is 7.88. The van der Waals surface area contributed by atoms with E-state index in [1.165, 1.54) is 12.1 Å². The van der Waals surface area contributed by atoms with E-state index < -0.39 is 14.2 Å². The van der Waals surface area contributed by atoms with Gasteiger partial charge < -0.3 is 5.11 Å². The lowest BCUT2D eigenvalue weighted by atomic mass is 10.1. The average Bonchev–Trinajstić information content (AvgIpc) is 2.23. The maximum atomic E-state index is 12.9. The van der Waals surface area contributed by atoms with Gasteiger partial charge in [0.05, 0.1) is 6.10 Å². The number of halogens is 1. The Morgan fingerprint density at radius 1 is 1.29 bits per heavy atom. The first-order valence-corrected chi connectivity index (χ1v) is 9.68. The van der Waals surface area contributed by atoms with Crippen molar-refractivity contribution < 1.29 is 9.50 Å². The van der Waals surface area contributed by atoms with Crippen molar-refractivity contribution in [3.05, 3.63) is 47.8 Å². The van der Waals surface area contributed by atoms with E-state index in [0.717, 1.165) is 6.04 Å². The van der Waals surface area contributed by atoms with E-state index in [4.69, 9.17) is 0 Å². The molecule has 1 atom stereocenters. The Morgan fingerprint density at radius 2 is 2.00 bits per heavy atom. The van der Waals surface area contributed by atoms with Gasteiger partial charge in [-0.05, 0) is 30.2 Å². The van der Waals surface area contributed by atoms with Gasteiger partial charge in [0, 0.05) is 8.07 Å². The lowest BCUT2D eigenvalue weighted by Gasteiger charge is -2.12. The molecule has 0 amide bonds. The summed E-state index contributed by atoms with van der Waals surface area (Å²) >= 11 is 0. The summed E-state index contributed by atoms with van der Waals surface area (Å²) in [5.74, 6) is -0.298. The molecule has 0 aliphatic carbocycles. The SMILES string of the molecule is C[Si](C)(C)C/C=C\CC(O)c1cccc(F)c1. The monoisotopic (exact) mass is 252 g/mol. The molecule has 17 heavy (non-hydrogen) atoms. The van der Waals surface area contributed by atoms with Crippen molar-refractivity contribution in [1.29, 1.82) is 0 Å². The van der Waals surface area contributed by atoms with Crippen LogP contribution in [-0.4, -0.2) is 13.2 Å². The minimum absolute atomic E-state index is 0.298. The van der Waals surface area contributed by atoms with Crippen LogP contribution in [0, 0.1) is 5.82 Å². The third-order valence-electron chi connectivity index (χ3n) is 2.49. The van der Waals surface area contributed by atoms with Crippen LogP contribution in [0.15, 0.2) is 36.4 Å². The highest BCUT2D eigenvalue weighted by molar-refractivity contribution is 6.76. The van der Waals surface area contributed by atoms with E-state index in [1.54, 1.807) is 12.1 Å². The molecule has 1 N–H and O–H groups in total. The Balaban J connectivity index is 2.47. The van der Waals surface area contributed by atoms with Crippen LogP contribution in [0.25, 0.3) is 0 Å². The minimum atomic E-state index is -1.05. The molecule has 94 valence electrons. The number of aliphatic hydroxyl groups excluding tert-OH is 1. The van der Waals surface area contributed by atoms with E-state index in [9.17, 15) is 9.50 Å². The second-order valence-corrected chi connectivity index (χ2v) is 11.1. The molecule has 0 aliphatic heterocycles. The predicted molar refractivity (Wildman–Crippen MR) is 73.3 cm³/mol. The molecule has 1 rings (SSSR count). The molecule has 0 heterocycles. The summed E-state index contributed by atoms with van der Waals surface area (Å²) in [6.45, 7) is 6.92. The zero-order valence-electron chi connectivity index (χ0n) is 10.8. The molecule has 0 spiro atoms. The van der Waals surface area contributed by atoms with Crippen molar-refractivity contribution in [2.24, 2.45) is 0 Å². The first-order valence-electron chi connectivity index (χ1n) is 5.97. The number of rotatable bonds is 5. The summed E-state index contributed by atoms with van der Waals surface area (Å²) in [5.41, 5.74) is 0.641. The van der Waals surface area contributed by atoms with E-state index in [2.05, 4.69) is 25.7 Å². The van der Waals surface area contributed by atoms with Crippen molar-refractivity contribution >= 4 is 8.07 Å². The summed E-state index contributed by atoms with van der Waals surface area (Å²) in [6, 6.07) is 7.26. The fourth-order valence-electron chi connectivity index (χ4n) is 1.51. The van der Waals surface area contributed by atoms with E-state index in [1.807, 2.05) is 6.08 Å². The van der Waals surface area contributed by atoms with E-state index >= 15 is 0 Å². The van der Waals surface area contributed by atoms with Crippen LogP contribution < -0.4 is 0 Å². The molecule has 1 aromatic rings. The molecule has 1 aromatic carbocycles. The highest BCUT2D eigenvalue weighted by Crippen LogP contribution is 2.18. The highest BCUT2D eigenvalue weighted by Gasteiger charge is 2.10. The molecule has 0 bridgehead atoms. The van der Waals surface area contributed by atoms with Crippen LogP contribution >= 0.6 is 0 Å². The third-order valence-corrected chi connectivity index (χ3v) is 3.95. The van der Waals surface area contributed by atoms with Gasteiger partial charge >= 0.3 is 0 Å². The Morgan fingerprint density at radius 3 is 2.59 bits per heavy atom.